The highest BCUT2D eigenvalue weighted by atomic mass is 16.5. The van der Waals surface area contributed by atoms with Crippen LogP contribution in [0.25, 0.3) is 0 Å². The Morgan fingerprint density at radius 3 is 2.84 bits per heavy atom. The number of ether oxygens (including phenoxy) is 1. The maximum atomic E-state index is 11.0. The van der Waals surface area contributed by atoms with Crippen LogP contribution in [0.2, 0.25) is 0 Å². The van der Waals surface area contributed by atoms with E-state index in [1.165, 1.54) is 5.56 Å². The summed E-state index contributed by atoms with van der Waals surface area (Å²) in [5, 5.41) is 20.8. The number of benzene rings is 1. The Bertz CT molecular complexity index is 494. The summed E-state index contributed by atoms with van der Waals surface area (Å²) in [6.07, 6.45) is 3.10. The number of hydrogen-bond acceptors (Lipinski definition) is 3. The Morgan fingerprint density at radius 1 is 1.47 bits per heavy atom. The van der Waals surface area contributed by atoms with Crippen molar-refractivity contribution in [2.45, 2.75) is 43.6 Å². The van der Waals surface area contributed by atoms with Gasteiger partial charge < -0.3 is 9.84 Å². The third kappa shape index (κ3) is 2.05. The van der Waals surface area contributed by atoms with Gasteiger partial charge in [0.1, 0.15) is 11.0 Å². The van der Waals surface area contributed by atoms with Crippen LogP contribution in [-0.4, -0.2) is 24.4 Å². The molecule has 0 spiro atoms. The molecule has 0 bridgehead atoms. The summed E-state index contributed by atoms with van der Waals surface area (Å²) in [4.78, 5) is 0. The zero-order chi connectivity index (χ0) is 13.9. The summed E-state index contributed by atoms with van der Waals surface area (Å²) < 4.78 is 5.19. The number of aliphatic hydroxyl groups is 1. The molecule has 3 heteroatoms. The molecular formula is C16H21NO2. The van der Waals surface area contributed by atoms with Crippen molar-refractivity contribution in [3.8, 4) is 6.07 Å². The zero-order valence-corrected chi connectivity index (χ0v) is 11.6. The molecule has 0 amide bonds. The molecule has 0 aliphatic heterocycles. The molecule has 1 aromatic carbocycles. The van der Waals surface area contributed by atoms with Crippen molar-refractivity contribution in [1.82, 2.24) is 0 Å². The quantitative estimate of drug-likeness (QED) is 0.904. The highest BCUT2D eigenvalue weighted by Crippen LogP contribution is 2.46. The van der Waals surface area contributed by atoms with Crippen LogP contribution in [0.15, 0.2) is 24.3 Å². The van der Waals surface area contributed by atoms with Crippen LogP contribution in [0, 0.1) is 11.3 Å². The van der Waals surface area contributed by atoms with Crippen molar-refractivity contribution in [3.63, 3.8) is 0 Å². The first-order valence-corrected chi connectivity index (χ1v) is 6.84. The van der Waals surface area contributed by atoms with E-state index in [1.807, 2.05) is 25.1 Å². The topological polar surface area (TPSA) is 53.2 Å². The van der Waals surface area contributed by atoms with Gasteiger partial charge in [0.2, 0.25) is 0 Å². The fraction of sp³-hybridized carbons (Fsp3) is 0.562. The van der Waals surface area contributed by atoms with Crippen LogP contribution in [0.3, 0.4) is 0 Å². The lowest BCUT2D eigenvalue weighted by atomic mass is 9.60. The van der Waals surface area contributed by atoms with Gasteiger partial charge in [-0.15, -0.1) is 0 Å². The van der Waals surface area contributed by atoms with Gasteiger partial charge in [-0.1, -0.05) is 31.2 Å². The predicted octanol–water partition coefficient (Wildman–Crippen LogP) is 2.57. The van der Waals surface area contributed by atoms with Gasteiger partial charge in [-0.2, -0.15) is 5.26 Å². The summed E-state index contributed by atoms with van der Waals surface area (Å²) in [7, 11) is 1.57. The summed E-state index contributed by atoms with van der Waals surface area (Å²) in [5.74, 6) is 0. The van der Waals surface area contributed by atoms with Crippen molar-refractivity contribution in [2.75, 3.05) is 13.7 Å². The molecule has 1 aliphatic rings. The first kappa shape index (κ1) is 14.0. The van der Waals surface area contributed by atoms with Crippen molar-refractivity contribution in [2.24, 2.45) is 0 Å². The second-order valence-corrected chi connectivity index (χ2v) is 5.35. The van der Waals surface area contributed by atoms with Gasteiger partial charge in [0.25, 0.3) is 0 Å². The van der Waals surface area contributed by atoms with Gasteiger partial charge in [-0.25, -0.2) is 0 Å². The summed E-state index contributed by atoms with van der Waals surface area (Å²) in [6, 6.07) is 10.4. The van der Waals surface area contributed by atoms with Gasteiger partial charge in [0, 0.05) is 7.11 Å². The average molecular weight is 259 g/mol. The zero-order valence-electron chi connectivity index (χ0n) is 11.6. The first-order valence-electron chi connectivity index (χ1n) is 6.84. The van der Waals surface area contributed by atoms with Crippen molar-refractivity contribution in [1.29, 1.82) is 5.26 Å². The number of nitrogens with zero attached hydrogens (tertiary/aromatic N) is 1. The average Bonchev–Trinajstić information content (AvgIpc) is 2.46. The van der Waals surface area contributed by atoms with Crippen molar-refractivity contribution in [3.05, 3.63) is 35.4 Å². The van der Waals surface area contributed by atoms with Crippen LogP contribution in [0.5, 0.6) is 0 Å². The monoisotopic (exact) mass is 259 g/mol. The van der Waals surface area contributed by atoms with Crippen LogP contribution < -0.4 is 0 Å². The SMILES string of the molecule is CCC(O)(COC)C1(C#N)CCCc2ccccc21. The van der Waals surface area contributed by atoms with E-state index in [0.29, 0.717) is 12.8 Å². The molecule has 2 rings (SSSR count). The molecule has 0 fully saturated rings. The van der Waals surface area contributed by atoms with Crippen LogP contribution in [0.4, 0.5) is 0 Å². The Hall–Kier alpha value is -1.37. The highest BCUT2D eigenvalue weighted by molar-refractivity contribution is 5.45. The van der Waals surface area contributed by atoms with Crippen LogP contribution >= 0.6 is 0 Å². The lowest BCUT2D eigenvalue weighted by Crippen LogP contribution is -2.55. The number of hydrogen-bond donors (Lipinski definition) is 1. The van der Waals surface area contributed by atoms with E-state index in [2.05, 4.69) is 12.1 Å². The minimum atomic E-state index is -1.13. The molecule has 0 saturated heterocycles. The fourth-order valence-electron chi connectivity index (χ4n) is 3.30. The molecular weight excluding hydrogens is 238 g/mol. The van der Waals surface area contributed by atoms with Crippen molar-refractivity contribution < 1.29 is 9.84 Å². The maximum absolute atomic E-state index is 11.0. The van der Waals surface area contributed by atoms with E-state index in [-0.39, 0.29) is 6.61 Å². The standard InChI is InChI=1S/C16H21NO2/c1-3-16(18,12-19-2)15(11-17)10-6-8-13-7-4-5-9-14(13)15/h4-5,7,9,18H,3,6,8,10,12H2,1-2H3. The number of rotatable bonds is 4. The molecule has 2 atom stereocenters. The number of methoxy groups -OCH3 is 1. The minimum absolute atomic E-state index is 0.186. The van der Waals surface area contributed by atoms with Crippen LogP contribution in [-0.2, 0) is 16.6 Å². The van der Waals surface area contributed by atoms with E-state index in [9.17, 15) is 10.4 Å². The molecule has 19 heavy (non-hydrogen) atoms. The van der Waals surface area contributed by atoms with Gasteiger partial charge >= 0.3 is 0 Å². The summed E-state index contributed by atoms with van der Waals surface area (Å²) >= 11 is 0. The van der Waals surface area contributed by atoms with E-state index >= 15 is 0 Å². The van der Waals surface area contributed by atoms with Gasteiger partial charge in [-0.05, 0) is 36.8 Å². The molecule has 3 nitrogen and oxygen atoms in total. The van der Waals surface area contributed by atoms with Crippen LogP contribution in [0.1, 0.15) is 37.3 Å². The number of fused-ring (bicyclic) bond motifs is 1. The fourth-order valence-corrected chi connectivity index (χ4v) is 3.30. The molecule has 1 aromatic rings. The molecule has 0 aromatic heterocycles. The molecule has 0 heterocycles. The summed E-state index contributed by atoms with van der Waals surface area (Å²) in [5.41, 5.74) is 0.169. The van der Waals surface area contributed by atoms with E-state index < -0.39 is 11.0 Å². The van der Waals surface area contributed by atoms with Gasteiger partial charge in [-0.3, -0.25) is 0 Å². The molecule has 102 valence electrons. The number of aryl methyl sites for hydroxylation is 1. The van der Waals surface area contributed by atoms with Gasteiger partial charge in [0.15, 0.2) is 0 Å². The molecule has 0 saturated carbocycles. The van der Waals surface area contributed by atoms with E-state index in [0.717, 1.165) is 18.4 Å². The van der Waals surface area contributed by atoms with Crippen molar-refractivity contribution >= 4 is 0 Å². The Kier molecular flexibility index (Phi) is 3.93. The third-order valence-electron chi connectivity index (χ3n) is 4.43. The number of nitriles is 1. The lowest BCUT2D eigenvalue weighted by molar-refractivity contribution is -0.0802. The predicted molar refractivity (Wildman–Crippen MR) is 73.8 cm³/mol. The lowest BCUT2D eigenvalue weighted by Gasteiger charge is -2.45. The Labute approximate surface area is 114 Å². The largest absolute Gasteiger partial charge is 0.385 e. The second kappa shape index (κ2) is 5.32. The summed E-state index contributed by atoms with van der Waals surface area (Å²) in [6.45, 7) is 2.10. The normalized spacial score (nSPS) is 25.2. The highest BCUT2D eigenvalue weighted by Gasteiger charge is 2.52. The molecule has 1 aliphatic carbocycles. The minimum Gasteiger partial charge on any atom is -0.385 e. The Morgan fingerprint density at radius 2 is 2.21 bits per heavy atom. The Balaban J connectivity index is 2.59. The van der Waals surface area contributed by atoms with E-state index in [1.54, 1.807) is 7.11 Å². The molecule has 0 radical (unpaired) electrons. The van der Waals surface area contributed by atoms with E-state index in [4.69, 9.17) is 4.74 Å². The first-order chi connectivity index (χ1) is 9.13. The smallest absolute Gasteiger partial charge is 0.113 e. The van der Waals surface area contributed by atoms with Gasteiger partial charge in [0.05, 0.1) is 12.7 Å². The second-order valence-electron chi connectivity index (χ2n) is 5.35. The molecule has 2 unspecified atom stereocenters. The molecule has 1 N–H and O–H groups in total. The maximum Gasteiger partial charge on any atom is 0.113 e. The third-order valence-corrected chi connectivity index (χ3v) is 4.43.